The number of hydrogen-bond donors (Lipinski definition) is 0. The monoisotopic (exact) mass is 392 g/mol. The first-order valence-corrected chi connectivity index (χ1v) is 11.3. The Bertz CT molecular complexity index is 840. The summed E-state index contributed by atoms with van der Waals surface area (Å²) >= 11 is 0. The predicted octanol–water partition coefficient (Wildman–Crippen LogP) is 4.64. The van der Waals surface area contributed by atoms with E-state index in [-0.39, 0.29) is 5.04 Å². The lowest BCUT2D eigenvalue weighted by Gasteiger charge is -2.43. The number of ether oxygens (including phenoxy) is 2. The third-order valence-corrected chi connectivity index (χ3v) is 9.96. The second kappa shape index (κ2) is 8.11. The highest BCUT2D eigenvalue weighted by Crippen LogP contribution is 2.39. The van der Waals surface area contributed by atoms with Gasteiger partial charge in [0.05, 0.1) is 14.2 Å². The van der Waals surface area contributed by atoms with Crippen LogP contribution in [-0.2, 0) is 0 Å². The van der Waals surface area contributed by atoms with E-state index < -0.39 is 8.32 Å². The van der Waals surface area contributed by atoms with Crippen LogP contribution < -0.4 is 24.3 Å². The largest absolute Gasteiger partial charge is 0.534 e. The van der Waals surface area contributed by atoms with E-state index in [9.17, 15) is 0 Å². The maximum Gasteiger partial charge on any atom is 0.319 e. The fourth-order valence-corrected chi connectivity index (χ4v) is 8.07. The van der Waals surface area contributed by atoms with Crippen LogP contribution in [0.15, 0.2) is 78.9 Å². The van der Waals surface area contributed by atoms with Crippen molar-refractivity contribution in [3.05, 3.63) is 78.9 Å². The maximum atomic E-state index is 7.00. The molecule has 0 heterocycles. The Morgan fingerprint density at radius 1 is 0.607 bits per heavy atom. The van der Waals surface area contributed by atoms with Gasteiger partial charge in [0, 0.05) is 18.2 Å². The summed E-state index contributed by atoms with van der Waals surface area (Å²) in [6.45, 7) is 6.78. The van der Waals surface area contributed by atoms with Crippen molar-refractivity contribution in [1.29, 1.82) is 0 Å². The van der Waals surface area contributed by atoms with Crippen molar-refractivity contribution in [2.24, 2.45) is 0 Å². The van der Waals surface area contributed by atoms with Crippen molar-refractivity contribution in [1.82, 2.24) is 0 Å². The predicted molar refractivity (Wildman–Crippen MR) is 118 cm³/mol. The Morgan fingerprint density at radius 3 is 1.36 bits per heavy atom. The normalized spacial score (nSPS) is 11.8. The van der Waals surface area contributed by atoms with Gasteiger partial charge < -0.3 is 13.9 Å². The quantitative estimate of drug-likeness (QED) is 0.572. The Balaban J connectivity index is 2.25. The first-order valence-electron chi connectivity index (χ1n) is 9.44. The van der Waals surface area contributed by atoms with E-state index in [4.69, 9.17) is 13.9 Å². The third-order valence-electron chi connectivity index (χ3n) is 5.01. The molecule has 0 atom stereocenters. The zero-order chi connectivity index (χ0) is 20.2. The highest BCUT2D eigenvalue weighted by Gasteiger charge is 2.52. The first kappa shape index (κ1) is 20.0. The minimum absolute atomic E-state index is 0.105. The van der Waals surface area contributed by atoms with Crippen molar-refractivity contribution in [3.63, 3.8) is 0 Å². The van der Waals surface area contributed by atoms with Crippen molar-refractivity contribution in [2.75, 3.05) is 14.2 Å². The molecular formula is C24H28O3Si. The summed E-state index contributed by atoms with van der Waals surface area (Å²) in [6, 6.07) is 26.9. The summed E-state index contributed by atoms with van der Waals surface area (Å²) in [7, 11) is 0.636. The van der Waals surface area contributed by atoms with Crippen LogP contribution in [0.3, 0.4) is 0 Å². The van der Waals surface area contributed by atoms with Gasteiger partial charge in [-0.1, -0.05) is 81.4 Å². The fraction of sp³-hybridized carbons (Fsp3) is 0.250. The molecule has 146 valence electrons. The average Bonchev–Trinajstić information content (AvgIpc) is 2.72. The molecule has 3 aromatic rings. The van der Waals surface area contributed by atoms with Gasteiger partial charge in [0.2, 0.25) is 0 Å². The molecule has 4 heteroatoms. The van der Waals surface area contributed by atoms with Crippen LogP contribution in [0.1, 0.15) is 20.8 Å². The molecule has 3 aromatic carbocycles. The molecule has 0 saturated carbocycles. The van der Waals surface area contributed by atoms with Gasteiger partial charge in [0.25, 0.3) is 0 Å². The van der Waals surface area contributed by atoms with Crippen LogP contribution in [0.5, 0.6) is 17.2 Å². The van der Waals surface area contributed by atoms with E-state index >= 15 is 0 Å². The molecule has 0 aliphatic rings. The summed E-state index contributed by atoms with van der Waals surface area (Å²) in [6.07, 6.45) is 0. The maximum absolute atomic E-state index is 7.00. The number of benzene rings is 3. The minimum atomic E-state index is -2.67. The van der Waals surface area contributed by atoms with Gasteiger partial charge in [0.1, 0.15) is 17.2 Å². The number of rotatable bonds is 6. The van der Waals surface area contributed by atoms with E-state index in [2.05, 4.69) is 69.3 Å². The highest BCUT2D eigenvalue weighted by atomic mass is 28.4. The van der Waals surface area contributed by atoms with E-state index in [1.54, 1.807) is 14.2 Å². The second-order valence-electron chi connectivity index (χ2n) is 7.81. The Labute approximate surface area is 169 Å². The average molecular weight is 393 g/mol. The molecule has 0 aliphatic carbocycles. The topological polar surface area (TPSA) is 27.7 Å². The molecule has 0 spiro atoms. The van der Waals surface area contributed by atoms with Crippen molar-refractivity contribution < 1.29 is 13.9 Å². The number of methoxy groups -OCH3 is 2. The summed E-state index contributed by atoms with van der Waals surface area (Å²) in [5.74, 6) is 2.19. The van der Waals surface area contributed by atoms with Crippen molar-refractivity contribution >= 4 is 18.7 Å². The molecule has 0 saturated heterocycles. The molecule has 0 amide bonds. The van der Waals surface area contributed by atoms with E-state index in [0.29, 0.717) is 11.5 Å². The second-order valence-corrected chi connectivity index (χ2v) is 12.0. The Morgan fingerprint density at radius 2 is 1.00 bits per heavy atom. The smallest absolute Gasteiger partial charge is 0.319 e. The van der Waals surface area contributed by atoms with E-state index in [1.165, 1.54) is 10.4 Å². The summed E-state index contributed by atoms with van der Waals surface area (Å²) in [5, 5.41) is 2.36. The van der Waals surface area contributed by atoms with Crippen LogP contribution in [0.2, 0.25) is 5.04 Å². The molecule has 3 nitrogen and oxygen atoms in total. The summed E-state index contributed by atoms with van der Waals surface area (Å²) < 4.78 is 17.9. The molecule has 0 radical (unpaired) electrons. The van der Waals surface area contributed by atoms with Crippen molar-refractivity contribution in [2.45, 2.75) is 25.8 Å². The zero-order valence-electron chi connectivity index (χ0n) is 17.2. The molecule has 0 aromatic heterocycles. The molecule has 0 fully saturated rings. The van der Waals surface area contributed by atoms with Gasteiger partial charge in [-0.25, -0.2) is 0 Å². The molecule has 0 bridgehead atoms. The lowest BCUT2D eigenvalue weighted by Crippen LogP contribution is -2.68. The van der Waals surface area contributed by atoms with E-state index in [0.717, 1.165) is 5.75 Å². The number of hydrogen-bond acceptors (Lipinski definition) is 3. The Kier molecular flexibility index (Phi) is 5.80. The molecular weight excluding hydrogens is 364 g/mol. The van der Waals surface area contributed by atoms with Crippen LogP contribution in [-0.4, -0.2) is 22.5 Å². The van der Waals surface area contributed by atoms with Gasteiger partial charge in [-0.05, 0) is 15.4 Å². The van der Waals surface area contributed by atoms with Gasteiger partial charge in [-0.15, -0.1) is 0 Å². The van der Waals surface area contributed by atoms with Crippen LogP contribution in [0.4, 0.5) is 0 Å². The van der Waals surface area contributed by atoms with Gasteiger partial charge in [0.15, 0.2) is 0 Å². The third kappa shape index (κ3) is 3.78. The van der Waals surface area contributed by atoms with Crippen LogP contribution >= 0.6 is 0 Å². The minimum Gasteiger partial charge on any atom is -0.534 e. The van der Waals surface area contributed by atoms with Gasteiger partial charge in [-0.2, -0.15) is 0 Å². The van der Waals surface area contributed by atoms with Crippen LogP contribution in [0, 0.1) is 0 Å². The van der Waals surface area contributed by atoms with Crippen LogP contribution in [0.25, 0.3) is 0 Å². The summed E-state index contributed by atoms with van der Waals surface area (Å²) in [4.78, 5) is 0. The lowest BCUT2D eigenvalue weighted by molar-refractivity contribution is 0.389. The molecule has 3 rings (SSSR count). The summed E-state index contributed by atoms with van der Waals surface area (Å²) in [5.41, 5.74) is 0. The molecule has 28 heavy (non-hydrogen) atoms. The van der Waals surface area contributed by atoms with Gasteiger partial charge in [-0.3, -0.25) is 0 Å². The molecule has 0 unspecified atom stereocenters. The standard InChI is InChI=1S/C24H28O3Si/c1-24(2,3)28(22-12-8-6-9-13-22,23-14-10-7-11-15-23)27-21-17-19(25-4)16-20(18-21)26-5/h6-18H,1-5H3. The molecule has 0 aliphatic heterocycles. The highest BCUT2D eigenvalue weighted by molar-refractivity contribution is 7.00. The van der Waals surface area contributed by atoms with E-state index in [1.807, 2.05) is 30.3 Å². The van der Waals surface area contributed by atoms with Crippen molar-refractivity contribution in [3.8, 4) is 17.2 Å². The molecule has 0 N–H and O–H groups in total. The Hall–Kier alpha value is -2.72. The van der Waals surface area contributed by atoms with Gasteiger partial charge >= 0.3 is 8.32 Å². The fourth-order valence-electron chi connectivity index (χ4n) is 3.67. The zero-order valence-corrected chi connectivity index (χ0v) is 18.2. The SMILES string of the molecule is COc1cc(OC)cc(O[Si](c2ccccc2)(c2ccccc2)C(C)(C)C)c1. The lowest BCUT2D eigenvalue weighted by atomic mass is 10.2. The first-order chi connectivity index (χ1) is 13.4.